The first-order valence-electron chi connectivity index (χ1n) is 8.61. The van der Waals surface area contributed by atoms with Gasteiger partial charge in [-0.3, -0.25) is 14.9 Å². The van der Waals surface area contributed by atoms with E-state index in [1.54, 1.807) is 6.07 Å². The molecular formula is C19H25NO3. The first kappa shape index (κ1) is 17.4. The van der Waals surface area contributed by atoms with E-state index in [4.69, 9.17) is 0 Å². The van der Waals surface area contributed by atoms with Crippen molar-refractivity contribution in [2.24, 2.45) is 5.92 Å². The van der Waals surface area contributed by atoms with Crippen LogP contribution in [0.1, 0.15) is 63.9 Å². The zero-order chi connectivity index (χ0) is 16.7. The van der Waals surface area contributed by atoms with E-state index < -0.39 is 4.92 Å². The number of carbonyl (C=O) groups excluding carboxylic acids is 1. The van der Waals surface area contributed by atoms with Crippen LogP contribution in [0.3, 0.4) is 0 Å². The van der Waals surface area contributed by atoms with Crippen LogP contribution in [0.25, 0.3) is 6.08 Å². The topological polar surface area (TPSA) is 60.2 Å². The zero-order valence-electron chi connectivity index (χ0n) is 13.8. The lowest BCUT2D eigenvalue weighted by Crippen LogP contribution is -2.07. The molecule has 0 bridgehead atoms. The fraction of sp³-hybridized carbons (Fsp3) is 0.526. The number of allylic oxidation sites excluding steroid dienone is 1. The van der Waals surface area contributed by atoms with E-state index in [9.17, 15) is 14.9 Å². The molecule has 1 aliphatic carbocycles. The molecule has 1 saturated carbocycles. The van der Waals surface area contributed by atoms with Crippen LogP contribution in [0.5, 0.6) is 0 Å². The highest BCUT2D eigenvalue weighted by Gasteiger charge is 2.28. The summed E-state index contributed by atoms with van der Waals surface area (Å²) < 4.78 is 0. The predicted molar refractivity (Wildman–Crippen MR) is 92.2 cm³/mol. The molecule has 1 unspecified atom stereocenters. The summed E-state index contributed by atoms with van der Waals surface area (Å²) in [6, 6.07) is 6.47. The van der Waals surface area contributed by atoms with Gasteiger partial charge in [0.05, 0.1) is 4.92 Å². The number of nitro benzene ring substituents is 1. The number of carbonyl (C=O) groups is 1. The summed E-state index contributed by atoms with van der Waals surface area (Å²) >= 11 is 0. The molecular weight excluding hydrogens is 290 g/mol. The van der Waals surface area contributed by atoms with Crippen LogP contribution in [0.2, 0.25) is 0 Å². The predicted octanol–water partition coefficient (Wildman–Crippen LogP) is 5.32. The van der Waals surface area contributed by atoms with E-state index in [1.165, 1.54) is 37.8 Å². The second kappa shape index (κ2) is 8.61. The van der Waals surface area contributed by atoms with Gasteiger partial charge in [-0.1, -0.05) is 51.2 Å². The number of non-ortho nitro benzene ring substituents is 1. The molecule has 0 radical (unpaired) electrons. The quantitative estimate of drug-likeness (QED) is 0.282. The van der Waals surface area contributed by atoms with Crippen molar-refractivity contribution in [3.63, 3.8) is 0 Å². The minimum Gasteiger partial charge on any atom is -0.294 e. The number of nitro groups is 1. The van der Waals surface area contributed by atoms with Gasteiger partial charge in [-0.25, -0.2) is 0 Å². The van der Waals surface area contributed by atoms with Gasteiger partial charge >= 0.3 is 0 Å². The molecule has 2 rings (SSSR count). The summed E-state index contributed by atoms with van der Waals surface area (Å²) in [6.45, 7) is 2.20. The minimum atomic E-state index is -0.405. The number of Topliss-reactive ketones (excluding diaryl/α,β-unsaturated/α-hetero) is 1. The highest BCUT2D eigenvalue weighted by molar-refractivity contribution is 6.03. The number of nitrogens with zero attached hydrogens (tertiary/aromatic N) is 1. The van der Waals surface area contributed by atoms with Gasteiger partial charge in [-0.2, -0.15) is 0 Å². The van der Waals surface area contributed by atoms with Gasteiger partial charge in [-0.15, -0.1) is 0 Å². The highest BCUT2D eigenvalue weighted by atomic mass is 16.6. The van der Waals surface area contributed by atoms with Crippen molar-refractivity contribution in [1.82, 2.24) is 0 Å². The fourth-order valence-corrected chi connectivity index (χ4v) is 3.19. The molecule has 0 heterocycles. The van der Waals surface area contributed by atoms with Gasteiger partial charge in [-0.05, 0) is 36.5 Å². The van der Waals surface area contributed by atoms with E-state index in [-0.39, 0.29) is 17.4 Å². The Labute approximate surface area is 137 Å². The molecule has 0 amide bonds. The molecule has 4 heteroatoms. The number of hydrogen-bond donors (Lipinski definition) is 0. The van der Waals surface area contributed by atoms with Crippen molar-refractivity contribution in [2.75, 3.05) is 0 Å². The molecule has 1 aromatic rings. The van der Waals surface area contributed by atoms with Crippen LogP contribution in [0, 0.1) is 16.0 Å². The maximum Gasteiger partial charge on any atom is 0.270 e. The Bertz CT molecular complexity index is 592. The molecule has 1 fully saturated rings. The molecule has 1 aromatic carbocycles. The van der Waals surface area contributed by atoms with E-state index in [1.807, 2.05) is 12.1 Å². The standard InChI is InChI=1S/C19H25NO3/c1-2-3-4-5-6-9-16-11-12-17(19(16)21)13-15-8-7-10-18(14-15)20(22)23/h7-8,10,13-14,16H,2-6,9,11-12H2,1H3/b17-13-. The summed E-state index contributed by atoms with van der Waals surface area (Å²) in [5, 5.41) is 10.8. The van der Waals surface area contributed by atoms with Gasteiger partial charge < -0.3 is 0 Å². The van der Waals surface area contributed by atoms with Gasteiger partial charge in [0.2, 0.25) is 0 Å². The first-order valence-corrected chi connectivity index (χ1v) is 8.61. The molecule has 0 saturated heterocycles. The number of hydrogen-bond acceptors (Lipinski definition) is 3. The van der Waals surface area contributed by atoms with Crippen molar-refractivity contribution >= 4 is 17.5 Å². The SMILES string of the molecule is CCCCCCCC1CC/C(=C/c2cccc([N+](=O)[O-])c2)C1=O. The fourth-order valence-electron chi connectivity index (χ4n) is 3.19. The number of ketones is 1. The van der Waals surface area contributed by atoms with E-state index >= 15 is 0 Å². The summed E-state index contributed by atoms with van der Waals surface area (Å²) in [5.41, 5.74) is 1.63. The molecule has 1 aliphatic rings. The van der Waals surface area contributed by atoms with E-state index in [2.05, 4.69) is 6.92 Å². The van der Waals surface area contributed by atoms with Crippen LogP contribution >= 0.6 is 0 Å². The van der Waals surface area contributed by atoms with Crippen molar-refractivity contribution in [3.8, 4) is 0 Å². The first-order chi connectivity index (χ1) is 11.1. The summed E-state index contributed by atoms with van der Waals surface area (Å²) in [5.74, 6) is 0.397. The zero-order valence-corrected chi connectivity index (χ0v) is 13.8. The largest absolute Gasteiger partial charge is 0.294 e. The smallest absolute Gasteiger partial charge is 0.270 e. The Kier molecular flexibility index (Phi) is 6.51. The third kappa shape index (κ3) is 5.02. The molecule has 0 aromatic heterocycles. The van der Waals surface area contributed by atoms with E-state index in [0.29, 0.717) is 0 Å². The summed E-state index contributed by atoms with van der Waals surface area (Å²) in [6.07, 6.45) is 10.6. The van der Waals surface area contributed by atoms with Crippen LogP contribution in [0.4, 0.5) is 5.69 Å². The van der Waals surface area contributed by atoms with Gasteiger partial charge in [0.1, 0.15) is 0 Å². The van der Waals surface area contributed by atoms with Gasteiger partial charge in [0, 0.05) is 18.1 Å². The number of unbranched alkanes of at least 4 members (excludes halogenated alkanes) is 4. The van der Waals surface area contributed by atoms with Gasteiger partial charge in [0.25, 0.3) is 5.69 Å². The molecule has 0 N–H and O–H groups in total. The van der Waals surface area contributed by atoms with Gasteiger partial charge in [0.15, 0.2) is 5.78 Å². The maximum absolute atomic E-state index is 12.4. The van der Waals surface area contributed by atoms with Crippen LogP contribution in [0.15, 0.2) is 29.8 Å². The summed E-state index contributed by atoms with van der Waals surface area (Å²) in [7, 11) is 0. The molecule has 1 atom stereocenters. The minimum absolute atomic E-state index is 0.0669. The lowest BCUT2D eigenvalue weighted by atomic mass is 9.97. The molecule has 0 aliphatic heterocycles. The van der Waals surface area contributed by atoms with Crippen molar-refractivity contribution < 1.29 is 9.72 Å². The van der Waals surface area contributed by atoms with Crippen molar-refractivity contribution in [3.05, 3.63) is 45.5 Å². The monoisotopic (exact) mass is 315 g/mol. The Morgan fingerprint density at radius 3 is 2.78 bits per heavy atom. The molecule has 124 valence electrons. The van der Waals surface area contributed by atoms with E-state index in [0.717, 1.165) is 36.8 Å². The molecule has 4 nitrogen and oxygen atoms in total. The van der Waals surface area contributed by atoms with Crippen molar-refractivity contribution in [2.45, 2.75) is 58.3 Å². The van der Waals surface area contributed by atoms with Crippen LogP contribution in [-0.2, 0) is 4.79 Å². The average Bonchev–Trinajstić information content (AvgIpc) is 2.88. The summed E-state index contributed by atoms with van der Waals surface area (Å²) in [4.78, 5) is 22.9. The lowest BCUT2D eigenvalue weighted by molar-refractivity contribution is -0.384. The highest BCUT2D eigenvalue weighted by Crippen LogP contribution is 2.32. The number of benzene rings is 1. The average molecular weight is 315 g/mol. The molecule has 0 spiro atoms. The Balaban J connectivity index is 1.93. The van der Waals surface area contributed by atoms with Crippen LogP contribution < -0.4 is 0 Å². The maximum atomic E-state index is 12.4. The Morgan fingerprint density at radius 1 is 1.26 bits per heavy atom. The number of rotatable bonds is 8. The molecule has 23 heavy (non-hydrogen) atoms. The Hall–Kier alpha value is -1.97. The third-order valence-electron chi connectivity index (χ3n) is 4.53. The Morgan fingerprint density at radius 2 is 2.04 bits per heavy atom. The lowest BCUT2D eigenvalue weighted by Gasteiger charge is -2.07. The third-order valence-corrected chi connectivity index (χ3v) is 4.53. The van der Waals surface area contributed by atoms with Crippen molar-refractivity contribution in [1.29, 1.82) is 0 Å². The normalized spacial score (nSPS) is 19.4. The second-order valence-electron chi connectivity index (χ2n) is 6.32. The van der Waals surface area contributed by atoms with Crippen LogP contribution in [-0.4, -0.2) is 10.7 Å². The second-order valence-corrected chi connectivity index (χ2v) is 6.32.